The number of Topliss-reactive ketones (excluding diaryl/α,β-unsaturated/α-hetero) is 1. The lowest BCUT2D eigenvalue weighted by atomic mass is 9.54. The summed E-state index contributed by atoms with van der Waals surface area (Å²) in [4.78, 5) is 26.7. The molecule has 27 heavy (non-hydrogen) atoms. The first kappa shape index (κ1) is 19.9. The number of likely N-dealkylation sites (N-methyl/N-ethyl adjacent to an activating group) is 1. The highest BCUT2D eigenvalue weighted by Crippen LogP contribution is 2.56. The van der Waals surface area contributed by atoms with Crippen molar-refractivity contribution < 1.29 is 19.8 Å². The maximum absolute atomic E-state index is 12.8. The van der Waals surface area contributed by atoms with Gasteiger partial charge in [-0.25, -0.2) is 0 Å². The van der Waals surface area contributed by atoms with E-state index in [0.29, 0.717) is 11.8 Å². The molecule has 6 atom stereocenters. The summed E-state index contributed by atoms with van der Waals surface area (Å²) in [7, 11) is 1.50. The van der Waals surface area contributed by atoms with Crippen LogP contribution in [0.1, 0.15) is 40.0 Å². The number of carbonyl (C=O) groups excluding carboxylic acids is 2. The number of fused-ring (bicyclic) bond motifs is 1. The van der Waals surface area contributed by atoms with Crippen molar-refractivity contribution in [1.29, 1.82) is 0 Å². The van der Waals surface area contributed by atoms with E-state index in [1.807, 2.05) is 26.0 Å². The summed E-state index contributed by atoms with van der Waals surface area (Å²) in [5.74, 6) is -0.00752. The fraction of sp³-hybridized carbons (Fsp3) is 0.636. The first-order valence-electron chi connectivity index (χ1n) is 9.94. The predicted molar refractivity (Wildman–Crippen MR) is 104 cm³/mol. The second-order valence-corrected chi connectivity index (χ2v) is 8.61. The van der Waals surface area contributed by atoms with Crippen molar-refractivity contribution in [2.24, 2.45) is 29.1 Å². The first-order chi connectivity index (χ1) is 12.8. The number of allylic oxidation sites excluding steroid dienone is 5. The first-order valence-corrected chi connectivity index (χ1v) is 9.94. The van der Waals surface area contributed by atoms with Gasteiger partial charge in [0.15, 0.2) is 5.78 Å². The summed E-state index contributed by atoms with van der Waals surface area (Å²) in [5, 5.41) is 20.9. The maximum atomic E-state index is 12.8. The zero-order valence-corrected chi connectivity index (χ0v) is 16.7. The Morgan fingerprint density at radius 3 is 2.63 bits per heavy atom. The molecule has 2 aliphatic carbocycles. The lowest BCUT2D eigenvalue weighted by Gasteiger charge is -2.50. The molecule has 1 heterocycles. The Kier molecular flexibility index (Phi) is 5.35. The molecule has 3 aliphatic rings. The fourth-order valence-electron chi connectivity index (χ4n) is 5.35. The SMILES string of the molecule is C/C=C/[C@@H]1C=C[C@@H]2C[C@H](C)CC[C@H]2[C@]1(C)C(O)=C1C(=O)[C@H](CO)N(C)C1=O. The fourth-order valence-corrected chi connectivity index (χ4v) is 5.35. The molecule has 5 nitrogen and oxygen atoms in total. The number of aliphatic hydroxyl groups excluding tert-OH is 2. The van der Waals surface area contributed by atoms with Crippen LogP contribution >= 0.6 is 0 Å². The third-order valence-corrected chi connectivity index (χ3v) is 7.06. The summed E-state index contributed by atoms with van der Waals surface area (Å²) < 4.78 is 0. The second-order valence-electron chi connectivity index (χ2n) is 8.61. The summed E-state index contributed by atoms with van der Waals surface area (Å²) in [5.41, 5.74) is -0.848. The molecule has 0 aromatic heterocycles. The van der Waals surface area contributed by atoms with Crippen LogP contribution < -0.4 is 0 Å². The van der Waals surface area contributed by atoms with Crippen LogP contribution in [0.4, 0.5) is 0 Å². The van der Waals surface area contributed by atoms with E-state index >= 15 is 0 Å². The topological polar surface area (TPSA) is 77.8 Å². The van der Waals surface area contributed by atoms with Gasteiger partial charge >= 0.3 is 0 Å². The van der Waals surface area contributed by atoms with Gasteiger partial charge in [-0.15, -0.1) is 0 Å². The maximum Gasteiger partial charge on any atom is 0.261 e. The van der Waals surface area contributed by atoms with Gasteiger partial charge in [0.2, 0.25) is 0 Å². The van der Waals surface area contributed by atoms with E-state index in [-0.39, 0.29) is 23.2 Å². The van der Waals surface area contributed by atoms with E-state index in [2.05, 4.69) is 19.1 Å². The number of hydrogen-bond donors (Lipinski definition) is 2. The number of ketones is 1. The third kappa shape index (κ3) is 2.96. The van der Waals surface area contributed by atoms with Crippen molar-refractivity contribution in [1.82, 2.24) is 4.90 Å². The number of nitrogens with zero attached hydrogens (tertiary/aromatic N) is 1. The Morgan fingerprint density at radius 1 is 1.33 bits per heavy atom. The van der Waals surface area contributed by atoms with Crippen LogP contribution in [0.25, 0.3) is 0 Å². The van der Waals surface area contributed by atoms with Crippen LogP contribution in [0.5, 0.6) is 0 Å². The zero-order valence-electron chi connectivity index (χ0n) is 16.7. The molecule has 148 valence electrons. The van der Waals surface area contributed by atoms with Crippen LogP contribution in [0.3, 0.4) is 0 Å². The van der Waals surface area contributed by atoms with Gasteiger partial charge in [-0.1, -0.05) is 44.6 Å². The standard InChI is InChI=1S/C22H31NO4/c1-5-6-15-9-8-14-11-13(2)7-10-16(14)22(15,3)20(26)18-19(25)17(12-24)23(4)21(18)27/h5-6,8-9,13-17,24,26H,7,10-12H2,1-4H3/b6-5+,20-18?/t13-,14-,15-,16-,17+,22-/m1/s1. The largest absolute Gasteiger partial charge is 0.511 e. The number of carbonyl (C=O) groups is 2. The molecule has 0 aromatic carbocycles. The number of hydrogen-bond acceptors (Lipinski definition) is 4. The molecular formula is C22H31NO4. The van der Waals surface area contributed by atoms with Crippen molar-refractivity contribution in [3.05, 3.63) is 35.6 Å². The van der Waals surface area contributed by atoms with E-state index in [1.54, 1.807) is 0 Å². The summed E-state index contributed by atoms with van der Waals surface area (Å²) >= 11 is 0. The molecule has 1 aliphatic heterocycles. The molecule has 0 radical (unpaired) electrons. The van der Waals surface area contributed by atoms with E-state index in [4.69, 9.17) is 0 Å². The zero-order chi connectivity index (χ0) is 19.9. The molecule has 1 saturated carbocycles. The van der Waals surface area contributed by atoms with Crippen LogP contribution in [-0.2, 0) is 9.59 Å². The molecule has 2 N–H and O–H groups in total. The van der Waals surface area contributed by atoms with E-state index in [0.717, 1.165) is 19.3 Å². The summed E-state index contributed by atoms with van der Waals surface area (Å²) in [6, 6.07) is -0.903. The summed E-state index contributed by atoms with van der Waals surface area (Å²) in [6.45, 7) is 5.75. The Hall–Kier alpha value is -1.88. The van der Waals surface area contributed by atoms with E-state index in [1.165, 1.54) is 11.9 Å². The third-order valence-electron chi connectivity index (χ3n) is 7.06. The van der Waals surface area contributed by atoms with Gasteiger partial charge in [-0.3, -0.25) is 9.59 Å². The minimum Gasteiger partial charge on any atom is -0.511 e. The minimum absolute atomic E-state index is 0.0799. The second kappa shape index (κ2) is 7.27. The number of likely N-dealkylation sites (tertiary alicyclic amines) is 1. The highest BCUT2D eigenvalue weighted by atomic mass is 16.3. The lowest BCUT2D eigenvalue weighted by Crippen LogP contribution is -2.45. The Balaban J connectivity index is 2.14. The van der Waals surface area contributed by atoms with Gasteiger partial charge in [0, 0.05) is 18.4 Å². The monoisotopic (exact) mass is 373 g/mol. The van der Waals surface area contributed by atoms with Gasteiger partial charge < -0.3 is 15.1 Å². The van der Waals surface area contributed by atoms with Gasteiger partial charge in [0.05, 0.1) is 6.61 Å². The molecular weight excluding hydrogens is 342 g/mol. The van der Waals surface area contributed by atoms with Gasteiger partial charge in [0.1, 0.15) is 17.4 Å². The molecule has 3 rings (SSSR count). The van der Waals surface area contributed by atoms with E-state index < -0.39 is 29.8 Å². The molecule has 0 bridgehead atoms. The average Bonchev–Trinajstić information content (AvgIpc) is 2.85. The number of aliphatic hydroxyl groups is 2. The van der Waals surface area contributed by atoms with Crippen molar-refractivity contribution in [3.63, 3.8) is 0 Å². The molecule has 5 heteroatoms. The van der Waals surface area contributed by atoms with Gasteiger partial charge in [-0.05, 0) is 37.5 Å². The molecule has 0 spiro atoms. The molecule has 1 amide bonds. The van der Waals surface area contributed by atoms with Crippen LogP contribution in [-0.4, -0.2) is 46.5 Å². The van der Waals surface area contributed by atoms with Crippen molar-refractivity contribution in [2.45, 2.75) is 46.1 Å². The number of amides is 1. The highest BCUT2D eigenvalue weighted by Gasteiger charge is 2.53. The normalized spacial score (nSPS) is 41.4. The lowest BCUT2D eigenvalue weighted by molar-refractivity contribution is -0.126. The van der Waals surface area contributed by atoms with Gasteiger partial charge in [0.25, 0.3) is 5.91 Å². The smallest absolute Gasteiger partial charge is 0.261 e. The quantitative estimate of drug-likeness (QED) is 0.345. The molecule has 2 fully saturated rings. The van der Waals surface area contributed by atoms with Crippen LogP contribution in [0, 0.1) is 29.1 Å². The Morgan fingerprint density at radius 2 is 2.04 bits per heavy atom. The molecule has 1 saturated heterocycles. The Labute approximate surface area is 161 Å². The van der Waals surface area contributed by atoms with Crippen molar-refractivity contribution >= 4 is 11.7 Å². The Bertz CT molecular complexity index is 722. The predicted octanol–water partition coefficient (Wildman–Crippen LogP) is 3.02. The minimum atomic E-state index is -0.903. The van der Waals surface area contributed by atoms with Gasteiger partial charge in [-0.2, -0.15) is 0 Å². The molecule has 0 unspecified atom stereocenters. The van der Waals surface area contributed by atoms with Crippen LogP contribution in [0.2, 0.25) is 0 Å². The van der Waals surface area contributed by atoms with E-state index in [9.17, 15) is 19.8 Å². The molecule has 0 aromatic rings. The summed E-state index contributed by atoms with van der Waals surface area (Å²) in [6.07, 6.45) is 11.5. The number of rotatable bonds is 3. The highest BCUT2D eigenvalue weighted by molar-refractivity contribution is 6.26. The van der Waals surface area contributed by atoms with Crippen molar-refractivity contribution in [3.8, 4) is 0 Å². The van der Waals surface area contributed by atoms with Crippen molar-refractivity contribution in [2.75, 3.05) is 13.7 Å². The van der Waals surface area contributed by atoms with Crippen LogP contribution in [0.15, 0.2) is 35.6 Å². The average molecular weight is 373 g/mol.